The molecule has 0 bridgehead atoms. The Balaban J connectivity index is 2.54. The van der Waals surface area contributed by atoms with Crippen molar-refractivity contribution in [1.82, 2.24) is 0 Å². The number of para-hydroxylation sites is 1. The van der Waals surface area contributed by atoms with Crippen LogP contribution in [0.2, 0.25) is 0 Å². The number of esters is 1. The predicted octanol–water partition coefficient (Wildman–Crippen LogP) is 3.51. The fourth-order valence-electron chi connectivity index (χ4n) is 2.11. The Morgan fingerprint density at radius 2 is 1.76 bits per heavy atom. The number of hydrogen-bond donors (Lipinski definition) is 0. The topological polar surface area (TPSA) is 38.8 Å². The van der Waals surface area contributed by atoms with Crippen LogP contribution in [-0.2, 0) is 9.47 Å². The van der Waals surface area contributed by atoms with E-state index in [1.54, 1.807) is 0 Å². The Kier molecular flexibility index (Phi) is 8.51. The molecule has 4 nitrogen and oxygen atoms in total. The van der Waals surface area contributed by atoms with Crippen molar-refractivity contribution in [2.75, 3.05) is 37.8 Å². The Morgan fingerprint density at radius 1 is 1.05 bits per heavy atom. The van der Waals surface area contributed by atoms with Crippen molar-refractivity contribution < 1.29 is 14.3 Å². The van der Waals surface area contributed by atoms with E-state index in [9.17, 15) is 4.79 Å². The maximum atomic E-state index is 12.2. The molecule has 21 heavy (non-hydrogen) atoms. The van der Waals surface area contributed by atoms with E-state index >= 15 is 0 Å². The quantitative estimate of drug-likeness (QED) is 0.489. The van der Waals surface area contributed by atoms with Crippen molar-refractivity contribution in [3.8, 4) is 0 Å². The van der Waals surface area contributed by atoms with Crippen molar-refractivity contribution in [3.63, 3.8) is 0 Å². The van der Waals surface area contributed by atoms with Gasteiger partial charge < -0.3 is 14.4 Å². The summed E-state index contributed by atoms with van der Waals surface area (Å²) in [6.07, 6.45) is 2.15. The lowest BCUT2D eigenvalue weighted by Crippen LogP contribution is -2.24. The molecule has 0 saturated heterocycles. The van der Waals surface area contributed by atoms with Gasteiger partial charge >= 0.3 is 5.97 Å². The van der Waals surface area contributed by atoms with Crippen LogP contribution in [-0.4, -0.2) is 38.9 Å². The molecule has 0 aliphatic rings. The molecule has 1 aromatic carbocycles. The van der Waals surface area contributed by atoms with Gasteiger partial charge in [0.2, 0.25) is 0 Å². The summed E-state index contributed by atoms with van der Waals surface area (Å²) in [6.45, 7) is 9.48. The summed E-state index contributed by atoms with van der Waals surface area (Å²) >= 11 is 0. The summed E-state index contributed by atoms with van der Waals surface area (Å²) in [4.78, 5) is 14.3. The summed E-state index contributed by atoms with van der Waals surface area (Å²) < 4.78 is 10.7. The van der Waals surface area contributed by atoms with E-state index < -0.39 is 0 Å². The van der Waals surface area contributed by atoms with Crippen LogP contribution < -0.4 is 4.90 Å². The van der Waals surface area contributed by atoms with Crippen LogP contribution in [0, 0.1) is 0 Å². The van der Waals surface area contributed by atoms with Gasteiger partial charge in [-0.1, -0.05) is 25.5 Å². The summed E-state index contributed by atoms with van der Waals surface area (Å²) in [5.74, 6) is -0.281. The highest BCUT2D eigenvalue weighted by molar-refractivity contribution is 5.95. The maximum absolute atomic E-state index is 12.2. The van der Waals surface area contributed by atoms with E-state index in [1.165, 1.54) is 0 Å². The molecule has 0 atom stereocenters. The largest absolute Gasteiger partial charge is 0.460 e. The molecule has 0 unspecified atom stereocenters. The van der Waals surface area contributed by atoms with Gasteiger partial charge in [-0.15, -0.1) is 0 Å². The second kappa shape index (κ2) is 10.2. The number of unbranched alkanes of at least 4 members (excludes halogenated alkanes) is 1. The highest BCUT2D eigenvalue weighted by Crippen LogP contribution is 2.20. The van der Waals surface area contributed by atoms with Crippen LogP contribution in [0.15, 0.2) is 24.3 Å². The number of rotatable bonds is 10. The molecule has 0 radical (unpaired) electrons. The summed E-state index contributed by atoms with van der Waals surface area (Å²) in [5.41, 5.74) is 1.55. The maximum Gasteiger partial charge on any atom is 0.340 e. The zero-order valence-corrected chi connectivity index (χ0v) is 13.4. The molecular formula is C17H27NO3. The van der Waals surface area contributed by atoms with Gasteiger partial charge in [0.15, 0.2) is 0 Å². The Labute approximate surface area is 128 Å². The first-order valence-corrected chi connectivity index (χ1v) is 7.83. The van der Waals surface area contributed by atoms with E-state index in [-0.39, 0.29) is 5.97 Å². The van der Waals surface area contributed by atoms with Crippen LogP contribution in [0.5, 0.6) is 0 Å². The Morgan fingerprint density at radius 3 is 2.43 bits per heavy atom. The van der Waals surface area contributed by atoms with Crippen molar-refractivity contribution in [3.05, 3.63) is 29.8 Å². The number of hydrogen-bond acceptors (Lipinski definition) is 4. The Bertz CT molecular complexity index is 416. The molecule has 0 saturated carbocycles. The van der Waals surface area contributed by atoms with E-state index in [0.29, 0.717) is 18.8 Å². The van der Waals surface area contributed by atoms with Gasteiger partial charge in [0.1, 0.15) is 6.61 Å². The lowest BCUT2D eigenvalue weighted by molar-refractivity contribution is 0.0314. The second-order valence-corrected chi connectivity index (χ2v) is 4.79. The van der Waals surface area contributed by atoms with Gasteiger partial charge in [0.25, 0.3) is 0 Å². The zero-order chi connectivity index (χ0) is 15.5. The third-order valence-electron chi connectivity index (χ3n) is 3.33. The molecule has 0 aliphatic heterocycles. The van der Waals surface area contributed by atoms with Crippen molar-refractivity contribution in [1.29, 1.82) is 0 Å². The third-order valence-corrected chi connectivity index (χ3v) is 3.33. The van der Waals surface area contributed by atoms with Gasteiger partial charge in [-0.05, 0) is 32.4 Å². The van der Waals surface area contributed by atoms with Crippen LogP contribution in [0.3, 0.4) is 0 Å². The van der Waals surface area contributed by atoms with Gasteiger partial charge in [-0.3, -0.25) is 0 Å². The lowest BCUT2D eigenvalue weighted by atomic mass is 10.1. The first kappa shape index (κ1) is 17.5. The molecular weight excluding hydrogens is 266 g/mol. The SMILES string of the molecule is CCCCOCCOC(=O)c1ccccc1N(CC)CC. The lowest BCUT2D eigenvalue weighted by Gasteiger charge is -2.23. The minimum atomic E-state index is -0.281. The molecule has 0 amide bonds. The van der Waals surface area contributed by atoms with E-state index in [2.05, 4.69) is 25.7 Å². The molecule has 0 spiro atoms. The normalized spacial score (nSPS) is 10.4. The van der Waals surface area contributed by atoms with E-state index in [1.807, 2.05) is 24.3 Å². The fraction of sp³-hybridized carbons (Fsp3) is 0.588. The van der Waals surface area contributed by atoms with Gasteiger partial charge in [0.05, 0.1) is 17.9 Å². The molecule has 0 aliphatic carbocycles. The van der Waals surface area contributed by atoms with Crippen molar-refractivity contribution in [2.24, 2.45) is 0 Å². The number of ether oxygens (including phenoxy) is 2. The molecule has 1 rings (SSSR count). The number of anilines is 1. The minimum absolute atomic E-state index is 0.281. The monoisotopic (exact) mass is 293 g/mol. The molecule has 118 valence electrons. The van der Waals surface area contributed by atoms with Crippen molar-refractivity contribution in [2.45, 2.75) is 33.6 Å². The average Bonchev–Trinajstić information content (AvgIpc) is 2.52. The molecule has 1 aromatic rings. The fourth-order valence-corrected chi connectivity index (χ4v) is 2.11. The third kappa shape index (κ3) is 5.76. The standard InChI is InChI=1S/C17H27NO3/c1-4-7-12-20-13-14-21-17(19)15-10-8-9-11-16(15)18(5-2)6-3/h8-11H,4-7,12-14H2,1-3H3. The minimum Gasteiger partial charge on any atom is -0.460 e. The van der Waals surface area contributed by atoms with Crippen LogP contribution in [0.4, 0.5) is 5.69 Å². The second-order valence-electron chi connectivity index (χ2n) is 4.79. The first-order valence-electron chi connectivity index (χ1n) is 7.83. The van der Waals surface area contributed by atoms with Gasteiger partial charge in [-0.25, -0.2) is 4.79 Å². The summed E-state index contributed by atoms with van der Waals surface area (Å²) in [6, 6.07) is 7.58. The van der Waals surface area contributed by atoms with E-state index in [4.69, 9.17) is 9.47 Å². The molecule has 0 aromatic heterocycles. The zero-order valence-electron chi connectivity index (χ0n) is 13.4. The van der Waals surface area contributed by atoms with Crippen molar-refractivity contribution >= 4 is 11.7 Å². The smallest absolute Gasteiger partial charge is 0.340 e. The molecule has 0 N–H and O–H groups in total. The highest BCUT2D eigenvalue weighted by Gasteiger charge is 2.15. The van der Waals surface area contributed by atoms with Crippen LogP contribution >= 0.6 is 0 Å². The predicted molar refractivity (Wildman–Crippen MR) is 86.0 cm³/mol. The molecule has 0 fully saturated rings. The number of carbonyl (C=O) groups is 1. The number of carbonyl (C=O) groups excluding carboxylic acids is 1. The Hall–Kier alpha value is -1.55. The first-order chi connectivity index (χ1) is 10.2. The molecule has 0 heterocycles. The summed E-state index contributed by atoms with van der Waals surface area (Å²) in [5, 5.41) is 0. The average molecular weight is 293 g/mol. The number of benzene rings is 1. The van der Waals surface area contributed by atoms with Crippen LogP contribution in [0.1, 0.15) is 44.0 Å². The highest BCUT2D eigenvalue weighted by atomic mass is 16.6. The molecule has 4 heteroatoms. The van der Waals surface area contributed by atoms with Gasteiger partial charge in [-0.2, -0.15) is 0 Å². The van der Waals surface area contributed by atoms with Crippen LogP contribution in [0.25, 0.3) is 0 Å². The summed E-state index contributed by atoms with van der Waals surface area (Å²) in [7, 11) is 0. The van der Waals surface area contributed by atoms with E-state index in [0.717, 1.165) is 38.2 Å². The number of nitrogens with zero attached hydrogens (tertiary/aromatic N) is 1. The van der Waals surface area contributed by atoms with Gasteiger partial charge in [0, 0.05) is 19.7 Å².